The molecule has 2 heterocycles. The number of aryl methyl sites for hydroxylation is 2. The highest BCUT2D eigenvalue weighted by Gasteiger charge is 2.30. The minimum absolute atomic E-state index is 0.0302. The van der Waals surface area contributed by atoms with Crippen LogP contribution in [0.1, 0.15) is 19.0 Å². The Kier molecular flexibility index (Phi) is 4.80. The molecule has 1 aromatic carbocycles. The monoisotopic (exact) mass is 367 g/mol. The van der Waals surface area contributed by atoms with Gasteiger partial charge in [0.25, 0.3) is 0 Å². The third-order valence-electron chi connectivity index (χ3n) is 4.41. The molecule has 0 amide bonds. The molecule has 3 rings (SSSR count). The lowest BCUT2D eigenvalue weighted by molar-refractivity contribution is -0.384. The lowest BCUT2D eigenvalue weighted by Crippen LogP contribution is -2.27. The van der Waals surface area contributed by atoms with Gasteiger partial charge >= 0.3 is 5.69 Å². The molecule has 0 aliphatic carbocycles. The van der Waals surface area contributed by atoms with Crippen LogP contribution in [0.3, 0.4) is 0 Å². The van der Waals surface area contributed by atoms with E-state index in [0.717, 1.165) is 18.7 Å². The van der Waals surface area contributed by atoms with Crippen molar-refractivity contribution in [3.63, 3.8) is 0 Å². The standard InChI is InChI=1S/C16H19ClFN5O2/c1-3-14-15(23(24)25)16(21(2)20-14)19-10-6-7-22(9-10)11-4-5-13(18)12(17)8-11/h4-5,8,10,19H,3,6-7,9H2,1-2H3. The van der Waals surface area contributed by atoms with Gasteiger partial charge in [0, 0.05) is 31.9 Å². The van der Waals surface area contributed by atoms with Gasteiger partial charge in [-0.25, -0.2) is 9.07 Å². The first-order chi connectivity index (χ1) is 11.9. The van der Waals surface area contributed by atoms with Crippen LogP contribution in [-0.2, 0) is 13.5 Å². The Morgan fingerprint density at radius 3 is 2.92 bits per heavy atom. The summed E-state index contributed by atoms with van der Waals surface area (Å²) >= 11 is 5.85. The molecule has 0 radical (unpaired) electrons. The number of anilines is 2. The van der Waals surface area contributed by atoms with Gasteiger partial charge in [-0.1, -0.05) is 18.5 Å². The Labute approximate surface area is 149 Å². The average molecular weight is 368 g/mol. The molecule has 7 nitrogen and oxygen atoms in total. The summed E-state index contributed by atoms with van der Waals surface area (Å²) in [6.45, 7) is 3.24. The molecule has 9 heteroatoms. The van der Waals surface area contributed by atoms with Crippen molar-refractivity contribution in [3.8, 4) is 0 Å². The third-order valence-corrected chi connectivity index (χ3v) is 4.70. The van der Waals surface area contributed by atoms with Gasteiger partial charge in [0.15, 0.2) is 0 Å². The summed E-state index contributed by atoms with van der Waals surface area (Å²) < 4.78 is 14.8. The Hall–Kier alpha value is -2.35. The highest BCUT2D eigenvalue weighted by molar-refractivity contribution is 6.31. The summed E-state index contributed by atoms with van der Waals surface area (Å²) in [5, 5.41) is 19.0. The molecule has 1 aliphatic heterocycles. The van der Waals surface area contributed by atoms with Gasteiger partial charge in [0.1, 0.15) is 11.5 Å². The van der Waals surface area contributed by atoms with Gasteiger partial charge in [-0.15, -0.1) is 0 Å². The fraction of sp³-hybridized carbons (Fsp3) is 0.438. The number of rotatable bonds is 5. The highest BCUT2D eigenvalue weighted by atomic mass is 35.5. The maximum Gasteiger partial charge on any atom is 0.333 e. The van der Waals surface area contributed by atoms with Crippen LogP contribution in [0, 0.1) is 15.9 Å². The quantitative estimate of drug-likeness (QED) is 0.647. The normalized spacial score (nSPS) is 17.1. The molecule has 1 N–H and O–H groups in total. The number of halogens is 2. The van der Waals surface area contributed by atoms with Crippen molar-refractivity contribution >= 4 is 28.8 Å². The van der Waals surface area contributed by atoms with Gasteiger partial charge in [0.2, 0.25) is 5.82 Å². The maximum atomic E-state index is 13.3. The van der Waals surface area contributed by atoms with E-state index in [4.69, 9.17) is 11.6 Å². The summed E-state index contributed by atoms with van der Waals surface area (Å²) in [5.74, 6) is -0.0252. The van der Waals surface area contributed by atoms with E-state index in [1.165, 1.54) is 10.7 Å². The van der Waals surface area contributed by atoms with Crippen molar-refractivity contribution in [1.82, 2.24) is 9.78 Å². The van der Waals surface area contributed by atoms with Crippen LogP contribution in [0.5, 0.6) is 0 Å². The summed E-state index contributed by atoms with van der Waals surface area (Å²) in [7, 11) is 1.70. The number of nitro groups is 1. The Balaban J connectivity index is 1.76. The molecule has 2 aromatic rings. The van der Waals surface area contributed by atoms with E-state index in [-0.39, 0.29) is 21.7 Å². The Bertz CT molecular complexity index is 810. The second-order valence-corrected chi connectivity index (χ2v) is 6.46. The van der Waals surface area contributed by atoms with Crippen molar-refractivity contribution in [2.24, 2.45) is 7.05 Å². The third kappa shape index (κ3) is 3.39. The van der Waals surface area contributed by atoms with Crippen LogP contribution < -0.4 is 10.2 Å². The fourth-order valence-corrected chi connectivity index (χ4v) is 3.32. The van der Waals surface area contributed by atoms with Crippen LogP contribution >= 0.6 is 11.6 Å². The van der Waals surface area contributed by atoms with E-state index >= 15 is 0 Å². The van der Waals surface area contributed by atoms with E-state index in [2.05, 4.69) is 15.3 Å². The highest BCUT2D eigenvalue weighted by Crippen LogP contribution is 2.31. The summed E-state index contributed by atoms with van der Waals surface area (Å²) in [6.07, 6.45) is 1.30. The zero-order valence-electron chi connectivity index (χ0n) is 14.0. The molecule has 1 atom stereocenters. The molecule has 1 unspecified atom stereocenters. The smallest absolute Gasteiger partial charge is 0.333 e. The maximum absolute atomic E-state index is 13.3. The first kappa shape index (κ1) is 17.5. The minimum atomic E-state index is -0.447. The van der Waals surface area contributed by atoms with E-state index < -0.39 is 5.82 Å². The summed E-state index contributed by atoms with van der Waals surface area (Å²) in [5.41, 5.74) is 1.34. The van der Waals surface area contributed by atoms with Crippen LogP contribution in [0.15, 0.2) is 18.2 Å². The first-order valence-corrected chi connectivity index (χ1v) is 8.45. The SMILES string of the molecule is CCc1nn(C)c(NC2CCN(c3ccc(F)c(Cl)c3)C2)c1[N+](=O)[O-]. The Morgan fingerprint density at radius 1 is 1.52 bits per heavy atom. The molecule has 0 spiro atoms. The number of aromatic nitrogens is 2. The molecule has 25 heavy (non-hydrogen) atoms. The molecule has 0 saturated carbocycles. The van der Waals surface area contributed by atoms with Gasteiger partial charge in [0.05, 0.1) is 9.95 Å². The molecule has 1 fully saturated rings. The fourth-order valence-electron chi connectivity index (χ4n) is 3.15. The van der Waals surface area contributed by atoms with E-state index in [1.54, 1.807) is 19.2 Å². The van der Waals surface area contributed by atoms with Crippen molar-refractivity contribution in [3.05, 3.63) is 44.8 Å². The first-order valence-electron chi connectivity index (χ1n) is 8.07. The van der Waals surface area contributed by atoms with Crippen molar-refractivity contribution in [1.29, 1.82) is 0 Å². The number of hydrogen-bond acceptors (Lipinski definition) is 5. The summed E-state index contributed by atoms with van der Waals surface area (Å²) in [4.78, 5) is 13.1. The van der Waals surface area contributed by atoms with Crippen LogP contribution in [-0.4, -0.2) is 33.8 Å². The zero-order valence-corrected chi connectivity index (χ0v) is 14.8. The molecule has 1 aliphatic rings. The topological polar surface area (TPSA) is 76.2 Å². The second kappa shape index (κ2) is 6.87. The minimum Gasteiger partial charge on any atom is -0.369 e. The molecular formula is C16H19ClFN5O2. The number of hydrogen-bond donors (Lipinski definition) is 1. The molecule has 1 saturated heterocycles. The molecule has 134 valence electrons. The van der Waals surface area contributed by atoms with E-state index in [9.17, 15) is 14.5 Å². The molecule has 0 bridgehead atoms. The molecular weight excluding hydrogens is 349 g/mol. The van der Waals surface area contributed by atoms with Crippen LogP contribution in [0.2, 0.25) is 5.02 Å². The largest absolute Gasteiger partial charge is 0.369 e. The number of nitrogens with zero attached hydrogens (tertiary/aromatic N) is 4. The lowest BCUT2D eigenvalue weighted by Gasteiger charge is -2.19. The van der Waals surface area contributed by atoms with Crippen LogP contribution in [0.4, 0.5) is 21.6 Å². The van der Waals surface area contributed by atoms with Crippen molar-refractivity contribution in [2.45, 2.75) is 25.8 Å². The Morgan fingerprint density at radius 2 is 2.28 bits per heavy atom. The van der Waals surface area contributed by atoms with Gasteiger partial charge < -0.3 is 10.2 Å². The predicted octanol–water partition coefficient (Wildman–Crippen LogP) is 3.37. The van der Waals surface area contributed by atoms with Crippen LogP contribution in [0.25, 0.3) is 0 Å². The van der Waals surface area contributed by atoms with E-state index in [1.807, 2.05) is 6.92 Å². The predicted molar refractivity (Wildman–Crippen MR) is 94.9 cm³/mol. The van der Waals surface area contributed by atoms with Gasteiger partial charge in [-0.2, -0.15) is 5.10 Å². The lowest BCUT2D eigenvalue weighted by atomic mass is 10.2. The summed E-state index contributed by atoms with van der Waals surface area (Å²) in [6, 6.07) is 4.66. The molecule has 1 aromatic heterocycles. The zero-order chi connectivity index (χ0) is 18.1. The van der Waals surface area contributed by atoms with Gasteiger partial charge in [-0.05, 0) is 31.0 Å². The van der Waals surface area contributed by atoms with Crippen molar-refractivity contribution in [2.75, 3.05) is 23.3 Å². The van der Waals surface area contributed by atoms with Gasteiger partial charge in [-0.3, -0.25) is 10.1 Å². The second-order valence-electron chi connectivity index (χ2n) is 6.05. The number of benzene rings is 1. The van der Waals surface area contributed by atoms with Crippen molar-refractivity contribution < 1.29 is 9.31 Å². The van der Waals surface area contributed by atoms with E-state index in [0.29, 0.717) is 24.5 Å². The average Bonchev–Trinajstić information content (AvgIpc) is 3.15. The number of nitrogens with one attached hydrogen (secondary N) is 1.